The number of esters is 1. The first-order valence-electron chi connectivity index (χ1n) is 16.5. The molecule has 2 fully saturated rings. The minimum atomic E-state index is -4.56. The fourth-order valence-corrected chi connectivity index (χ4v) is 6.19. The maximum atomic E-state index is 13.5. The summed E-state index contributed by atoms with van der Waals surface area (Å²) in [7, 11) is 2.81. The van der Waals surface area contributed by atoms with Crippen LogP contribution in [0.4, 0.5) is 19.0 Å². The Kier molecular flexibility index (Phi) is 8.88. The summed E-state index contributed by atoms with van der Waals surface area (Å²) in [6.07, 6.45) is 1.80. The van der Waals surface area contributed by atoms with E-state index in [0.29, 0.717) is 41.4 Å². The summed E-state index contributed by atoms with van der Waals surface area (Å²) in [5.74, 6) is 0.808. The number of rotatable bonds is 10. The summed E-state index contributed by atoms with van der Waals surface area (Å²) in [5.41, 5.74) is 2.45. The summed E-state index contributed by atoms with van der Waals surface area (Å²) in [5, 5.41) is 3.41. The van der Waals surface area contributed by atoms with Crippen LogP contribution in [0.15, 0.2) is 36.8 Å². The molecule has 1 unspecified atom stereocenters. The average Bonchev–Trinajstić information content (AvgIpc) is 3.73. The second kappa shape index (κ2) is 13.3. The summed E-state index contributed by atoms with van der Waals surface area (Å²) >= 11 is 0. The lowest BCUT2D eigenvalue weighted by atomic mass is 10.1. The highest BCUT2D eigenvalue weighted by molar-refractivity contribution is 5.94. The number of anilines is 1. The fraction of sp³-hybridized carbons (Fsp3) is 0.441. The van der Waals surface area contributed by atoms with Crippen LogP contribution >= 0.6 is 0 Å². The number of fused-ring (bicyclic) bond motifs is 1. The quantitative estimate of drug-likeness (QED) is 0.156. The zero-order valence-corrected chi connectivity index (χ0v) is 28.0. The van der Waals surface area contributed by atoms with E-state index in [1.807, 2.05) is 12.1 Å². The smallest absolute Gasteiger partial charge is 0.434 e. The van der Waals surface area contributed by atoms with Gasteiger partial charge in [0.15, 0.2) is 23.0 Å². The molecule has 5 aromatic rings. The van der Waals surface area contributed by atoms with Crippen molar-refractivity contribution >= 4 is 23.0 Å². The van der Waals surface area contributed by atoms with Crippen molar-refractivity contribution in [2.24, 2.45) is 0 Å². The highest BCUT2D eigenvalue weighted by atomic mass is 19.4. The molecule has 262 valence electrons. The van der Waals surface area contributed by atoms with Gasteiger partial charge in [0.05, 0.1) is 19.9 Å². The monoisotopic (exact) mass is 691 g/mol. The number of carbonyl (C=O) groups excluding carboxylic acids is 1. The molecule has 0 radical (unpaired) electrons. The molecule has 4 aromatic heterocycles. The minimum absolute atomic E-state index is 0.0332. The van der Waals surface area contributed by atoms with Crippen molar-refractivity contribution in [3.8, 4) is 28.7 Å². The van der Waals surface area contributed by atoms with Gasteiger partial charge in [-0.1, -0.05) is 24.3 Å². The van der Waals surface area contributed by atoms with Crippen LogP contribution in [0.25, 0.3) is 33.9 Å². The van der Waals surface area contributed by atoms with Gasteiger partial charge in [0.1, 0.15) is 29.5 Å². The van der Waals surface area contributed by atoms with E-state index in [1.54, 1.807) is 30.5 Å². The highest BCUT2D eigenvalue weighted by Gasteiger charge is 2.36. The lowest BCUT2D eigenvalue weighted by Gasteiger charge is -2.26. The second-order valence-corrected chi connectivity index (χ2v) is 12.6. The zero-order chi connectivity index (χ0) is 35.2. The van der Waals surface area contributed by atoms with E-state index in [2.05, 4.69) is 25.3 Å². The molecule has 1 aromatic carbocycles. The summed E-state index contributed by atoms with van der Waals surface area (Å²) in [6.45, 7) is 4.39. The Morgan fingerprint density at radius 2 is 1.82 bits per heavy atom. The van der Waals surface area contributed by atoms with Crippen molar-refractivity contribution < 1.29 is 32.2 Å². The Bertz CT molecular complexity index is 2030. The molecule has 2 aliphatic rings. The molecule has 5 heterocycles. The molecule has 1 saturated heterocycles. The maximum Gasteiger partial charge on any atom is 0.434 e. The molecule has 1 saturated carbocycles. The van der Waals surface area contributed by atoms with Crippen LogP contribution in [-0.2, 0) is 22.2 Å². The number of aromatic nitrogens is 8. The number of imidazole rings is 2. The van der Waals surface area contributed by atoms with Crippen LogP contribution in [-0.4, -0.2) is 65.8 Å². The maximum absolute atomic E-state index is 13.5. The summed E-state index contributed by atoms with van der Waals surface area (Å²) in [6, 6.07) is 6.88. The first-order valence-corrected chi connectivity index (χ1v) is 16.5. The molecule has 1 aliphatic carbocycles. The molecule has 1 N–H and O–H groups in total. The molecule has 16 heteroatoms. The Hall–Kier alpha value is -5.12. The lowest BCUT2D eigenvalue weighted by Crippen LogP contribution is -2.23. The van der Waals surface area contributed by atoms with E-state index in [9.17, 15) is 18.0 Å². The first-order chi connectivity index (χ1) is 24.1. The number of benzene rings is 1. The summed E-state index contributed by atoms with van der Waals surface area (Å²) < 4.78 is 60.6. The third-order valence-corrected chi connectivity index (χ3v) is 8.83. The number of halogens is 3. The molecule has 0 bridgehead atoms. The number of nitrogens with one attached hydrogen (secondary N) is 1. The predicted molar refractivity (Wildman–Crippen MR) is 175 cm³/mol. The van der Waals surface area contributed by atoms with Gasteiger partial charge in [-0.25, -0.2) is 34.7 Å². The standard InChI is InChI=1S/C34H36F3N9O4/c1-18(2)45-16-22(34(35,36)37)41-30(45)21-10-8-19(9-11-21)15-38-28-26-29(44-31(33(47)49-4)46(26)23-7-5-6-14-50-23)43-27(42-28)24-25(20-12-13-20)39-17-40-32(24)48-3/h8-11,16-18,20,23H,5-7,12-15H2,1-4H3,(H,38,42,43). The van der Waals surface area contributed by atoms with Gasteiger partial charge >= 0.3 is 12.1 Å². The van der Waals surface area contributed by atoms with Crippen LogP contribution < -0.4 is 10.1 Å². The molecular formula is C34H36F3N9O4. The molecule has 7 rings (SSSR count). The van der Waals surface area contributed by atoms with E-state index < -0.39 is 24.1 Å². The van der Waals surface area contributed by atoms with Crippen molar-refractivity contribution in [2.75, 3.05) is 26.1 Å². The van der Waals surface area contributed by atoms with Crippen molar-refractivity contribution in [3.63, 3.8) is 0 Å². The van der Waals surface area contributed by atoms with Crippen LogP contribution in [0.1, 0.15) is 91.7 Å². The second-order valence-electron chi connectivity index (χ2n) is 12.6. The fourth-order valence-electron chi connectivity index (χ4n) is 6.19. The number of alkyl halides is 3. The predicted octanol–water partition coefficient (Wildman–Crippen LogP) is 6.73. The van der Waals surface area contributed by atoms with E-state index in [-0.39, 0.29) is 41.6 Å². The van der Waals surface area contributed by atoms with Gasteiger partial charge in [-0.3, -0.25) is 4.57 Å². The largest absolute Gasteiger partial charge is 0.480 e. The van der Waals surface area contributed by atoms with Crippen LogP contribution in [0.3, 0.4) is 0 Å². The molecule has 1 aliphatic heterocycles. The zero-order valence-electron chi connectivity index (χ0n) is 28.0. The number of hydrogen-bond donors (Lipinski definition) is 1. The lowest BCUT2D eigenvalue weighted by molar-refractivity contribution is -0.140. The topological polar surface area (TPSA) is 144 Å². The van der Waals surface area contributed by atoms with Gasteiger partial charge in [-0.2, -0.15) is 13.2 Å². The number of carbonyl (C=O) groups is 1. The first kappa shape index (κ1) is 33.4. The third-order valence-electron chi connectivity index (χ3n) is 8.83. The van der Waals surface area contributed by atoms with E-state index >= 15 is 0 Å². The van der Waals surface area contributed by atoms with Crippen LogP contribution in [0, 0.1) is 0 Å². The van der Waals surface area contributed by atoms with E-state index in [1.165, 1.54) is 25.1 Å². The number of hydrogen-bond acceptors (Lipinski definition) is 11. The Labute approximate surface area is 285 Å². The number of ether oxygens (including phenoxy) is 3. The Morgan fingerprint density at radius 1 is 1.04 bits per heavy atom. The average molecular weight is 692 g/mol. The third kappa shape index (κ3) is 6.34. The highest BCUT2D eigenvalue weighted by Crippen LogP contribution is 2.45. The Balaban J connectivity index is 1.31. The Morgan fingerprint density at radius 3 is 2.46 bits per heavy atom. The van der Waals surface area contributed by atoms with Gasteiger partial charge < -0.3 is 24.1 Å². The van der Waals surface area contributed by atoms with Gasteiger partial charge in [0.25, 0.3) is 0 Å². The number of methoxy groups -OCH3 is 2. The van der Waals surface area contributed by atoms with Crippen molar-refractivity contribution in [1.82, 2.24) is 39.0 Å². The molecule has 1 atom stereocenters. The molecule has 13 nitrogen and oxygen atoms in total. The SMILES string of the molecule is COC(=O)c1nc2nc(-c3c(OC)ncnc3C3CC3)nc(NCc3ccc(-c4nc(C(F)(F)F)cn4C(C)C)cc3)c2n1C1CCCCO1. The van der Waals surface area contributed by atoms with Gasteiger partial charge in [0, 0.05) is 36.9 Å². The van der Waals surface area contributed by atoms with E-state index in [0.717, 1.165) is 43.1 Å². The van der Waals surface area contributed by atoms with Crippen LogP contribution in [0.5, 0.6) is 5.88 Å². The van der Waals surface area contributed by atoms with Crippen molar-refractivity contribution in [2.45, 2.75) is 76.9 Å². The molecule has 0 spiro atoms. The molecule has 50 heavy (non-hydrogen) atoms. The van der Waals surface area contributed by atoms with Crippen molar-refractivity contribution in [3.05, 3.63) is 59.6 Å². The summed E-state index contributed by atoms with van der Waals surface area (Å²) in [4.78, 5) is 40.3. The normalized spacial score (nSPS) is 16.6. The minimum Gasteiger partial charge on any atom is -0.480 e. The molecular weight excluding hydrogens is 655 g/mol. The van der Waals surface area contributed by atoms with Gasteiger partial charge in [0.2, 0.25) is 11.7 Å². The van der Waals surface area contributed by atoms with Gasteiger partial charge in [-0.05, 0) is 51.5 Å². The van der Waals surface area contributed by atoms with E-state index in [4.69, 9.17) is 24.2 Å². The number of nitrogens with zero attached hydrogens (tertiary/aromatic N) is 8. The molecule has 0 amide bonds. The van der Waals surface area contributed by atoms with Crippen LogP contribution in [0.2, 0.25) is 0 Å². The van der Waals surface area contributed by atoms with Gasteiger partial charge in [-0.15, -0.1) is 0 Å². The van der Waals surface area contributed by atoms with Crippen molar-refractivity contribution in [1.29, 1.82) is 0 Å².